The topological polar surface area (TPSA) is 87.7 Å². The molecule has 34 heavy (non-hydrogen) atoms. The van der Waals surface area contributed by atoms with Gasteiger partial charge >= 0.3 is 12.0 Å². The first-order valence-electron chi connectivity index (χ1n) is 12.2. The van der Waals surface area contributed by atoms with Crippen molar-refractivity contribution in [3.63, 3.8) is 0 Å². The van der Waals surface area contributed by atoms with Crippen LogP contribution in [0.25, 0.3) is 0 Å². The molecule has 7 heteroatoms. The largest absolute Gasteiger partial charge is 0.467 e. The Morgan fingerprint density at radius 1 is 1.00 bits per heavy atom. The predicted molar refractivity (Wildman–Crippen MR) is 130 cm³/mol. The standard InChI is InChI=1S/C27H31N3O4/c1-34-26(32)23(15-17-6-2-9-20(14-17)30-13-5-12-24(30)31)28-27(33)29-25-21-10-3-7-18(21)16-19-8-4-11-22(19)25/h2,6,9,14,16,23H,3-5,7-8,10-13,15H2,1H3,(H2,28,29,33)/t23-/m1/s1. The van der Waals surface area contributed by atoms with E-state index in [1.807, 2.05) is 24.3 Å². The first-order chi connectivity index (χ1) is 16.5. The molecule has 3 amide bonds. The van der Waals surface area contributed by atoms with Crippen LogP contribution in [0.5, 0.6) is 0 Å². The minimum absolute atomic E-state index is 0.113. The molecule has 2 aromatic rings. The van der Waals surface area contributed by atoms with Gasteiger partial charge in [-0.1, -0.05) is 18.2 Å². The van der Waals surface area contributed by atoms with E-state index in [1.54, 1.807) is 4.90 Å². The second-order valence-electron chi connectivity index (χ2n) is 9.43. The van der Waals surface area contributed by atoms with Crippen molar-refractivity contribution in [2.24, 2.45) is 0 Å². The van der Waals surface area contributed by atoms with Gasteiger partial charge in [0.1, 0.15) is 6.04 Å². The molecular weight excluding hydrogens is 430 g/mol. The van der Waals surface area contributed by atoms with Crippen LogP contribution in [0.2, 0.25) is 0 Å². The molecule has 0 spiro atoms. The molecule has 2 N–H and O–H groups in total. The normalized spacial score (nSPS) is 17.3. The van der Waals surface area contributed by atoms with Crippen LogP contribution in [0.1, 0.15) is 53.5 Å². The number of aryl methyl sites for hydroxylation is 2. The summed E-state index contributed by atoms with van der Waals surface area (Å²) in [7, 11) is 1.32. The number of benzene rings is 2. The van der Waals surface area contributed by atoms with E-state index in [-0.39, 0.29) is 12.3 Å². The number of hydrogen-bond acceptors (Lipinski definition) is 4. The van der Waals surface area contributed by atoms with E-state index in [4.69, 9.17) is 4.74 Å². The van der Waals surface area contributed by atoms with Gasteiger partial charge in [-0.3, -0.25) is 4.79 Å². The molecule has 178 valence electrons. The Bertz CT molecular complexity index is 1110. The zero-order valence-corrected chi connectivity index (χ0v) is 19.6. The van der Waals surface area contributed by atoms with Gasteiger partial charge in [-0.15, -0.1) is 0 Å². The van der Waals surface area contributed by atoms with Gasteiger partial charge in [0.25, 0.3) is 0 Å². The molecule has 1 fully saturated rings. The zero-order chi connectivity index (χ0) is 23.7. The first-order valence-corrected chi connectivity index (χ1v) is 12.2. The van der Waals surface area contributed by atoms with Crippen LogP contribution in [0.3, 0.4) is 0 Å². The summed E-state index contributed by atoms with van der Waals surface area (Å²) in [5.41, 5.74) is 7.79. The molecule has 0 saturated carbocycles. The number of methoxy groups -OCH3 is 1. The van der Waals surface area contributed by atoms with Gasteiger partial charge in [-0.2, -0.15) is 0 Å². The summed E-state index contributed by atoms with van der Waals surface area (Å²) in [5, 5.41) is 5.93. The van der Waals surface area contributed by atoms with Crippen molar-refractivity contribution < 1.29 is 19.1 Å². The highest BCUT2D eigenvalue weighted by molar-refractivity contribution is 5.96. The van der Waals surface area contributed by atoms with Crippen LogP contribution in [0.15, 0.2) is 30.3 Å². The van der Waals surface area contributed by atoms with Gasteiger partial charge in [-0.25, -0.2) is 9.59 Å². The lowest BCUT2D eigenvalue weighted by Crippen LogP contribution is -2.45. The van der Waals surface area contributed by atoms with E-state index >= 15 is 0 Å². The number of amides is 3. The van der Waals surface area contributed by atoms with Crippen LogP contribution in [-0.2, 0) is 46.4 Å². The summed E-state index contributed by atoms with van der Waals surface area (Å²) in [6.45, 7) is 0.703. The van der Waals surface area contributed by atoms with E-state index in [0.717, 1.165) is 61.9 Å². The zero-order valence-electron chi connectivity index (χ0n) is 19.6. The van der Waals surface area contributed by atoms with Gasteiger partial charge in [0.2, 0.25) is 5.91 Å². The Morgan fingerprint density at radius 3 is 2.38 bits per heavy atom. The van der Waals surface area contributed by atoms with Gasteiger partial charge in [0.05, 0.1) is 7.11 Å². The van der Waals surface area contributed by atoms with Crippen LogP contribution < -0.4 is 15.5 Å². The fraction of sp³-hybridized carbons (Fsp3) is 0.444. The van der Waals surface area contributed by atoms with Crippen molar-refractivity contribution in [3.8, 4) is 0 Å². The number of esters is 1. The van der Waals surface area contributed by atoms with E-state index in [9.17, 15) is 14.4 Å². The number of nitrogens with one attached hydrogen (secondary N) is 2. The monoisotopic (exact) mass is 461 g/mol. The van der Waals surface area contributed by atoms with Crippen molar-refractivity contribution in [3.05, 3.63) is 58.1 Å². The lowest BCUT2D eigenvalue weighted by molar-refractivity contribution is -0.142. The summed E-state index contributed by atoms with van der Waals surface area (Å²) in [4.78, 5) is 39.5. The van der Waals surface area contributed by atoms with Crippen LogP contribution in [-0.4, -0.2) is 37.6 Å². The molecule has 1 atom stereocenters. The van der Waals surface area contributed by atoms with Crippen LogP contribution >= 0.6 is 0 Å². The Balaban J connectivity index is 1.33. The fourth-order valence-electron chi connectivity index (χ4n) is 5.62. The molecule has 3 aliphatic rings. The Labute approximate surface area is 199 Å². The highest BCUT2D eigenvalue weighted by atomic mass is 16.5. The Morgan fingerprint density at radius 2 is 1.74 bits per heavy atom. The summed E-state index contributed by atoms with van der Waals surface area (Å²) < 4.78 is 4.98. The number of carbonyl (C=O) groups is 3. The Hall–Kier alpha value is -3.35. The van der Waals surface area contributed by atoms with Crippen molar-refractivity contribution in [2.75, 3.05) is 23.9 Å². The van der Waals surface area contributed by atoms with Crippen LogP contribution in [0, 0.1) is 0 Å². The number of anilines is 2. The first kappa shape index (κ1) is 22.4. The van der Waals surface area contributed by atoms with E-state index in [2.05, 4.69) is 16.7 Å². The number of hydrogen-bond donors (Lipinski definition) is 2. The Kier molecular flexibility index (Phi) is 6.26. The van der Waals surface area contributed by atoms with E-state index in [1.165, 1.54) is 29.4 Å². The molecule has 1 saturated heterocycles. The molecule has 1 aliphatic heterocycles. The minimum atomic E-state index is -0.834. The molecule has 2 aliphatic carbocycles. The summed E-state index contributed by atoms with van der Waals surface area (Å²) in [6.07, 6.45) is 7.96. The highest BCUT2D eigenvalue weighted by Crippen LogP contribution is 2.38. The number of urea groups is 1. The molecular formula is C27H31N3O4. The number of ether oxygens (including phenoxy) is 1. The van der Waals surface area contributed by atoms with E-state index < -0.39 is 18.0 Å². The fourth-order valence-corrected chi connectivity index (χ4v) is 5.62. The molecule has 0 unspecified atom stereocenters. The average molecular weight is 462 g/mol. The highest BCUT2D eigenvalue weighted by Gasteiger charge is 2.28. The third-order valence-corrected chi connectivity index (χ3v) is 7.24. The lowest BCUT2D eigenvalue weighted by atomic mass is 9.99. The van der Waals surface area contributed by atoms with Gasteiger partial charge < -0.3 is 20.3 Å². The molecule has 0 radical (unpaired) electrons. The average Bonchev–Trinajstić information content (AvgIpc) is 3.59. The number of rotatable bonds is 6. The number of carbonyl (C=O) groups excluding carboxylic acids is 3. The smallest absolute Gasteiger partial charge is 0.328 e. The number of fused-ring (bicyclic) bond motifs is 2. The summed E-state index contributed by atoms with van der Waals surface area (Å²) >= 11 is 0. The molecule has 7 nitrogen and oxygen atoms in total. The molecule has 0 bridgehead atoms. The van der Waals surface area contributed by atoms with Crippen molar-refractivity contribution in [1.29, 1.82) is 0 Å². The van der Waals surface area contributed by atoms with Crippen LogP contribution in [0.4, 0.5) is 16.2 Å². The maximum atomic E-state index is 13.1. The van der Waals surface area contributed by atoms with Gasteiger partial charge in [0, 0.05) is 30.8 Å². The summed E-state index contributed by atoms with van der Waals surface area (Å²) in [6, 6.07) is 8.68. The SMILES string of the molecule is COC(=O)[C@@H](Cc1cccc(N2CCCC2=O)c1)NC(=O)Nc1c2c(cc3c1CCC3)CCC2. The summed E-state index contributed by atoms with van der Waals surface area (Å²) in [5.74, 6) is -0.386. The van der Waals surface area contributed by atoms with E-state index in [0.29, 0.717) is 13.0 Å². The lowest BCUT2D eigenvalue weighted by Gasteiger charge is -2.21. The second-order valence-corrected chi connectivity index (χ2v) is 9.43. The third kappa shape index (κ3) is 4.39. The minimum Gasteiger partial charge on any atom is -0.467 e. The van der Waals surface area contributed by atoms with Crippen molar-refractivity contribution >= 4 is 29.3 Å². The van der Waals surface area contributed by atoms with Gasteiger partial charge in [0.15, 0.2) is 0 Å². The van der Waals surface area contributed by atoms with Crippen molar-refractivity contribution in [2.45, 2.75) is 63.8 Å². The molecule has 0 aromatic heterocycles. The quantitative estimate of drug-likeness (QED) is 0.642. The predicted octanol–water partition coefficient (Wildman–Crippen LogP) is 3.70. The van der Waals surface area contributed by atoms with Gasteiger partial charge in [-0.05, 0) is 84.9 Å². The third-order valence-electron chi connectivity index (χ3n) is 7.24. The second kappa shape index (κ2) is 9.49. The maximum absolute atomic E-state index is 13.1. The number of nitrogens with zero attached hydrogens (tertiary/aromatic N) is 1. The molecule has 2 aromatic carbocycles. The molecule has 5 rings (SSSR count). The van der Waals surface area contributed by atoms with Crippen molar-refractivity contribution in [1.82, 2.24) is 5.32 Å². The molecule has 1 heterocycles. The maximum Gasteiger partial charge on any atom is 0.328 e.